The van der Waals surface area contributed by atoms with E-state index in [9.17, 15) is 18.0 Å². The molecule has 37 heavy (non-hydrogen) atoms. The molecular formula is C29H35F3N4O. The van der Waals surface area contributed by atoms with Crippen LogP contribution in [0.5, 0.6) is 0 Å². The van der Waals surface area contributed by atoms with Gasteiger partial charge >= 0.3 is 6.18 Å². The Morgan fingerprint density at radius 2 is 1.70 bits per heavy atom. The van der Waals surface area contributed by atoms with Crippen LogP contribution in [-0.2, 0) is 17.4 Å². The first-order valence-electron chi connectivity index (χ1n) is 13.3. The number of hydrogen-bond donors (Lipinski definition) is 1. The van der Waals surface area contributed by atoms with E-state index in [2.05, 4.69) is 41.4 Å². The molecule has 0 spiro atoms. The number of benzene rings is 2. The molecule has 0 radical (unpaired) electrons. The van der Waals surface area contributed by atoms with Crippen molar-refractivity contribution in [2.24, 2.45) is 5.92 Å². The maximum absolute atomic E-state index is 13.2. The Labute approximate surface area is 217 Å². The van der Waals surface area contributed by atoms with Crippen LogP contribution in [0.3, 0.4) is 0 Å². The van der Waals surface area contributed by atoms with E-state index < -0.39 is 11.7 Å². The van der Waals surface area contributed by atoms with E-state index >= 15 is 0 Å². The molecule has 0 atom stereocenters. The van der Waals surface area contributed by atoms with Crippen LogP contribution in [0, 0.1) is 17.2 Å². The number of amides is 1. The number of rotatable bonds is 7. The van der Waals surface area contributed by atoms with E-state index in [1.54, 1.807) is 6.07 Å². The zero-order valence-corrected chi connectivity index (χ0v) is 21.4. The molecule has 2 aromatic rings. The van der Waals surface area contributed by atoms with Crippen LogP contribution in [0.25, 0.3) is 0 Å². The minimum Gasteiger partial charge on any atom is -0.382 e. The van der Waals surface area contributed by atoms with Gasteiger partial charge in [0.15, 0.2) is 0 Å². The fraction of sp³-hybridized carbons (Fsp3) is 0.517. The summed E-state index contributed by atoms with van der Waals surface area (Å²) >= 11 is 0. The molecule has 0 aliphatic carbocycles. The van der Waals surface area contributed by atoms with Crippen molar-refractivity contribution >= 4 is 17.3 Å². The number of carbonyl (C=O) groups is 1. The average molecular weight is 513 g/mol. The van der Waals surface area contributed by atoms with Gasteiger partial charge in [-0.15, -0.1) is 0 Å². The molecule has 2 aromatic carbocycles. The van der Waals surface area contributed by atoms with E-state index in [1.807, 2.05) is 4.90 Å². The number of likely N-dealkylation sites (tertiary alicyclic amines) is 1. The van der Waals surface area contributed by atoms with Crippen LogP contribution in [0.1, 0.15) is 62.1 Å². The third kappa shape index (κ3) is 6.97. The van der Waals surface area contributed by atoms with Crippen molar-refractivity contribution in [2.45, 2.75) is 64.1 Å². The van der Waals surface area contributed by atoms with Crippen molar-refractivity contribution < 1.29 is 18.0 Å². The molecule has 0 unspecified atom stereocenters. The van der Waals surface area contributed by atoms with Crippen LogP contribution < -0.4 is 10.2 Å². The van der Waals surface area contributed by atoms with Crippen LogP contribution in [0.4, 0.5) is 24.5 Å². The number of anilines is 2. The van der Waals surface area contributed by atoms with E-state index in [0.29, 0.717) is 44.0 Å². The maximum atomic E-state index is 13.2. The molecule has 0 aromatic heterocycles. The Hall–Kier alpha value is -3.21. The van der Waals surface area contributed by atoms with Crippen molar-refractivity contribution in [3.05, 3.63) is 59.2 Å². The number of alkyl halides is 3. The molecule has 1 amide bonds. The molecule has 2 aliphatic heterocycles. The Kier molecular flexibility index (Phi) is 8.63. The first kappa shape index (κ1) is 26.8. The number of nitrogens with zero attached hydrogens (tertiary/aromatic N) is 3. The lowest BCUT2D eigenvalue weighted by molar-refractivity contribution is -0.137. The average Bonchev–Trinajstić information content (AvgIpc) is 2.92. The van der Waals surface area contributed by atoms with Gasteiger partial charge in [-0.25, -0.2) is 0 Å². The first-order chi connectivity index (χ1) is 17.8. The van der Waals surface area contributed by atoms with Crippen molar-refractivity contribution in [1.29, 1.82) is 5.26 Å². The minimum absolute atomic E-state index is 0.00575. The SMILES string of the molecule is CCc1ccc(N2CCC(CCC(=O)N3CCC(Nc4ccc(C#N)c(C(F)(F)F)c4)CC3)CC2)cc1. The highest BCUT2D eigenvalue weighted by Gasteiger charge is 2.34. The van der Waals surface area contributed by atoms with E-state index in [4.69, 9.17) is 5.26 Å². The molecule has 0 saturated carbocycles. The summed E-state index contributed by atoms with van der Waals surface area (Å²) in [4.78, 5) is 17.1. The summed E-state index contributed by atoms with van der Waals surface area (Å²) in [6, 6.07) is 14.1. The van der Waals surface area contributed by atoms with Crippen molar-refractivity contribution in [3.63, 3.8) is 0 Å². The van der Waals surface area contributed by atoms with Crippen LogP contribution in [-0.4, -0.2) is 43.0 Å². The summed E-state index contributed by atoms with van der Waals surface area (Å²) in [6.07, 6.45) is 1.49. The lowest BCUT2D eigenvalue weighted by atomic mass is 9.91. The monoisotopic (exact) mass is 512 g/mol. The van der Waals surface area contributed by atoms with Crippen molar-refractivity contribution in [2.75, 3.05) is 36.4 Å². The molecule has 2 heterocycles. The Bertz CT molecular complexity index is 1090. The van der Waals surface area contributed by atoms with Gasteiger partial charge in [0.25, 0.3) is 0 Å². The second kappa shape index (κ2) is 11.9. The molecule has 2 fully saturated rings. The standard InChI is InChI=1S/C29H35F3N4O/c1-2-21-3-8-26(9-4-21)35-15-11-22(12-16-35)5-10-28(37)36-17-13-24(14-18-36)34-25-7-6-23(20-33)27(19-25)29(30,31)32/h3-4,6-9,19,22,24,34H,2,5,10-18H2,1H3. The summed E-state index contributed by atoms with van der Waals surface area (Å²) in [5.74, 6) is 0.738. The predicted octanol–water partition coefficient (Wildman–Crippen LogP) is 6.24. The summed E-state index contributed by atoms with van der Waals surface area (Å²) in [6.45, 7) is 5.41. The van der Waals surface area contributed by atoms with Gasteiger partial charge in [-0.1, -0.05) is 19.1 Å². The Balaban J connectivity index is 1.19. The lowest BCUT2D eigenvalue weighted by Crippen LogP contribution is -2.42. The third-order valence-corrected chi connectivity index (χ3v) is 7.75. The molecule has 0 bridgehead atoms. The fourth-order valence-electron chi connectivity index (χ4n) is 5.38. The predicted molar refractivity (Wildman–Crippen MR) is 139 cm³/mol. The van der Waals surface area contributed by atoms with Crippen LogP contribution in [0.15, 0.2) is 42.5 Å². The highest BCUT2D eigenvalue weighted by molar-refractivity contribution is 5.76. The van der Waals surface area contributed by atoms with Gasteiger partial charge in [0.1, 0.15) is 0 Å². The van der Waals surface area contributed by atoms with Gasteiger partial charge in [-0.3, -0.25) is 4.79 Å². The number of nitrogens with one attached hydrogen (secondary N) is 1. The molecule has 4 rings (SSSR count). The Morgan fingerprint density at radius 3 is 2.30 bits per heavy atom. The van der Waals surface area contributed by atoms with Gasteiger partial charge in [-0.2, -0.15) is 18.4 Å². The largest absolute Gasteiger partial charge is 0.417 e. The van der Waals surface area contributed by atoms with Gasteiger partial charge in [0.2, 0.25) is 5.91 Å². The second-order valence-corrected chi connectivity index (χ2v) is 10.2. The molecule has 5 nitrogen and oxygen atoms in total. The number of piperidine rings is 2. The minimum atomic E-state index is -4.57. The normalized spacial score (nSPS) is 17.5. The Morgan fingerprint density at radius 1 is 1.03 bits per heavy atom. The molecule has 2 saturated heterocycles. The molecule has 198 valence electrons. The zero-order chi connectivity index (χ0) is 26.4. The molecule has 2 aliphatic rings. The number of carbonyl (C=O) groups excluding carboxylic acids is 1. The fourth-order valence-corrected chi connectivity index (χ4v) is 5.38. The number of hydrogen-bond acceptors (Lipinski definition) is 4. The summed E-state index contributed by atoms with van der Waals surface area (Å²) in [7, 11) is 0. The summed E-state index contributed by atoms with van der Waals surface area (Å²) in [5.41, 5.74) is 1.67. The quantitative estimate of drug-likeness (QED) is 0.477. The van der Waals surface area contributed by atoms with Crippen molar-refractivity contribution in [3.8, 4) is 6.07 Å². The first-order valence-corrected chi connectivity index (χ1v) is 13.3. The number of nitriles is 1. The van der Waals surface area contributed by atoms with Crippen LogP contribution >= 0.6 is 0 Å². The molecule has 8 heteroatoms. The van der Waals surface area contributed by atoms with E-state index in [1.165, 1.54) is 23.4 Å². The molecule has 1 N–H and O–H groups in total. The number of halogens is 3. The topological polar surface area (TPSA) is 59.4 Å². The van der Waals surface area contributed by atoms with Gasteiger partial charge in [-0.05, 0) is 80.3 Å². The number of aryl methyl sites for hydroxylation is 1. The lowest BCUT2D eigenvalue weighted by Gasteiger charge is -2.35. The highest BCUT2D eigenvalue weighted by atomic mass is 19.4. The summed E-state index contributed by atoms with van der Waals surface area (Å²) < 4.78 is 39.7. The smallest absolute Gasteiger partial charge is 0.382 e. The highest BCUT2D eigenvalue weighted by Crippen LogP contribution is 2.34. The van der Waals surface area contributed by atoms with Crippen molar-refractivity contribution in [1.82, 2.24) is 4.90 Å². The zero-order valence-electron chi connectivity index (χ0n) is 21.4. The van der Waals surface area contributed by atoms with Gasteiger partial charge in [0, 0.05) is 50.0 Å². The van der Waals surface area contributed by atoms with Gasteiger partial charge < -0.3 is 15.1 Å². The second-order valence-electron chi connectivity index (χ2n) is 10.2. The van der Waals surface area contributed by atoms with Crippen LogP contribution in [0.2, 0.25) is 0 Å². The molecular weight excluding hydrogens is 477 g/mol. The maximum Gasteiger partial charge on any atom is 0.417 e. The third-order valence-electron chi connectivity index (χ3n) is 7.75. The summed E-state index contributed by atoms with van der Waals surface area (Å²) in [5, 5.41) is 12.1. The van der Waals surface area contributed by atoms with Gasteiger partial charge in [0.05, 0.1) is 17.2 Å². The van der Waals surface area contributed by atoms with E-state index in [0.717, 1.165) is 44.8 Å². The van der Waals surface area contributed by atoms with E-state index in [-0.39, 0.29) is 17.5 Å².